The Morgan fingerprint density at radius 2 is 2.36 bits per heavy atom. The molecule has 3 heteroatoms. The fourth-order valence-corrected chi connectivity index (χ4v) is 2.28. The van der Waals surface area contributed by atoms with Gasteiger partial charge in [0.25, 0.3) is 0 Å². The first kappa shape index (κ1) is 6.83. The van der Waals surface area contributed by atoms with Crippen LogP contribution in [0.3, 0.4) is 0 Å². The Kier molecular flexibility index (Phi) is 1.14. The summed E-state index contributed by atoms with van der Waals surface area (Å²) in [6, 6.07) is 0. The third kappa shape index (κ3) is 0.633. The van der Waals surface area contributed by atoms with Gasteiger partial charge in [-0.3, -0.25) is 9.59 Å². The van der Waals surface area contributed by atoms with Crippen molar-refractivity contribution < 1.29 is 14.7 Å². The van der Waals surface area contributed by atoms with Gasteiger partial charge in [-0.2, -0.15) is 0 Å². The zero-order chi connectivity index (χ0) is 8.06. The molecule has 0 aliphatic heterocycles. The normalized spacial score (nSPS) is 41.5. The number of carboxylic acids is 1. The molecule has 11 heavy (non-hydrogen) atoms. The molecule has 3 aliphatic rings. The van der Waals surface area contributed by atoms with E-state index in [1.165, 1.54) is 0 Å². The highest BCUT2D eigenvalue weighted by atomic mass is 16.4. The Morgan fingerprint density at radius 3 is 2.73 bits per heavy atom. The molecule has 0 amide bonds. The lowest BCUT2D eigenvalue weighted by Gasteiger charge is -2.47. The highest BCUT2D eigenvalue weighted by Crippen LogP contribution is 2.52. The van der Waals surface area contributed by atoms with Gasteiger partial charge in [-0.15, -0.1) is 0 Å². The number of carbonyl (C=O) groups excluding carboxylic acids is 1. The van der Waals surface area contributed by atoms with E-state index in [0.29, 0.717) is 12.8 Å². The van der Waals surface area contributed by atoms with Gasteiger partial charge in [0.15, 0.2) is 5.78 Å². The van der Waals surface area contributed by atoms with Crippen LogP contribution in [0.1, 0.15) is 25.7 Å². The summed E-state index contributed by atoms with van der Waals surface area (Å²) in [5, 5.41) is 8.78. The van der Waals surface area contributed by atoms with Gasteiger partial charge in [0.1, 0.15) is 5.41 Å². The Bertz CT molecular complexity index is 229. The topological polar surface area (TPSA) is 54.4 Å². The molecule has 0 aromatic heterocycles. The number of rotatable bonds is 1. The van der Waals surface area contributed by atoms with Crippen LogP contribution in [0.15, 0.2) is 0 Å². The molecule has 0 heterocycles. The van der Waals surface area contributed by atoms with E-state index in [1.807, 2.05) is 0 Å². The van der Waals surface area contributed by atoms with E-state index in [1.54, 1.807) is 0 Å². The van der Waals surface area contributed by atoms with E-state index in [9.17, 15) is 9.59 Å². The summed E-state index contributed by atoms with van der Waals surface area (Å²) in [7, 11) is 0. The third-order valence-electron chi connectivity index (χ3n) is 3.00. The predicted octanol–water partition coefficient (Wildman–Crippen LogP) is 0.830. The van der Waals surface area contributed by atoms with E-state index in [4.69, 9.17) is 5.11 Å². The molecule has 0 aromatic carbocycles. The van der Waals surface area contributed by atoms with Crippen molar-refractivity contribution >= 4 is 11.8 Å². The molecule has 3 nitrogen and oxygen atoms in total. The Morgan fingerprint density at radius 1 is 1.64 bits per heavy atom. The molecule has 0 radical (unpaired) electrons. The predicted molar refractivity (Wildman–Crippen MR) is 37.0 cm³/mol. The molecular formula is C8H10O3. The van der Waals surface area contributed by atoms with E-state index >= 15 is 0 Å². The number of ketones is 1. The van der Waals surface area contributed by atoms with Crippen LogP contribution in [-0.4, -0.2) is 16.9 Å². The van der Waals surface area contributed by atoms with E-state index in [-0.39, 0.29) is 11.7 Å². The first-order valence-corrected chi connectivity index (χ1v) is 3.94. The SMILES string of the molecule is O=C(O)C12CCCC(C1)C2=O. The molecule has 1 N–H and O–H groups in total. The van der Waals surface area contributed by atoms with E-state index < -0.39 is 11.4 Å². The number of aliphatic carboxylic acids is 1. The van der Waals surface area contributed by atoms with Crippen molar-refractivity contribution in [2.24, 2.45) is 11.3 Å². The smallest absolute Gasteiger partial charge is 0.317 e. The second-order valence-electron chi connectivity index (χ2n) is 3.54. The Hall–Kier alpha value is -0.860. The van der Waals surface area contributed by atoms with Crippen molar-refractivity contribution in [3.8, 4) is 0 Å². The summed E-state index contributed by atoms with van der Waals surface area (Å²) < 4.78 is 0. The number of Topliss-reactive ketones (excluding diaryl/α,β-unsaturated/α-hetero) is 1. The number of hydrogen-bond acceptors (Lipinski definition) is 2. The summed E-state index contributed by atoms with van der Waals surface area (Å²) in [6.45, 7) is 0. The average molecular weight is 154 g/mol. The van der Waals surface area contributed by atoms with Crippen LogP contribution in [-0.2, 0) is 9.59 Å². The van der Waals surface area contributed by atoms with Gasteiger partial charge in [0.2, 0.25) is 0 Å². The first-order valence-electron chi connectivity index (χ1n) is 3.94. The standard InChI is InChI=1S/C8H10O3/c9-6-5-2-1-3-8(6,4-5)7(10)11/h5H,1-4H2,(H,10,11). The zero-order valence-electron chi connectivity index (χ0n) is 6.17. The number of carbonyl (C=O) groups is 2. The van der Waals surface area contributed by atoms with Crippen LogP contribution < -0.4 is 0 Å². The van der Waals surface area contributed by atoms with Gasteiger partial charge in [-0.25, -0.2) is 0 Å². The summed E-state index contributed by atoms with van der Waals surface area (Å²) >= 11 is 0. The third-order valence-corrected chi connectivity index (χ3v) is 3.00. The Labute approximate surface area is 64.4 Å². The zero-order valence-corrected chi connectivity index (χ0v) is 6.17. The number of carboxylic acid groups (broad SMARTS) is 1. The lowest BCUT2D eigenvalue weighted by molar-refractivity contribution is -0.172. The van der Waals surface area contributed by atoms with Gasteiger partial charge in [0.05, 0.1) is 0 Å². The molecule has 0 aromatic rings. The minimum atomic E-state index is -0.942. The van der Waals surface area contributed by atoms with Crippen LogP contribution in [0.4, 0.5) is 0 Å². The molecule has 2 unspecified atom stereocenters. The molecular weight excluding hydrogens is 144 g/mol. The molecule has 2 bridgehead atoms. The van der Waals surface area contributed by atoms with E-state index in [0.717, 1.165) is 12.8 Å². The van der Waals surface area contributed by atoms with Gasteiger partial charge in [0, 0.05) is 5.92 Å². The maximum atomic E-state index is 11.2. The van der Waals surface area contributed by atoms with Gasteiger partial charge < -0.3 is 5.11 Å². The molecule has 3 fully saturated rings. The lowest BCUT2D eigenvalue weighted by Crippen LogP contribution is -2.56. The van der Waals surface area contributed by atoms with Crippen molar-refractivity contribution in [2.75, 3.05) is 0 Å². The molecule has 3 aliphatic carbocycles. The summed E-state index contributed by atoms with van der Waals surface area (Å²) in [5.41, 5.74) is -0.942. The van der Waals surface area contributed by atoms with Crippen molar-refractivity contribution in [2.45, 2.75) is 25.7 Å². The van der Waals surface area contributed by atoms with Crippen molar-refractivity contribution in [1.29, 1.82) is 0 Å². The molecule has 3 saturated carbocycles. The van der Waals surface area contributed by atoms with Gasteiger partial charge in [-0.1, -0.05) is 6.42 Å². The minimum Gasteiger partial charge on any atom is -0.480 e. The van der Waals surface area contributed by atoms with Crippen molar-refractivity contribution in [3.05, 3.63) is 0 Å². The summed E-state index contributed by atoms with van der Waals surface area (Å²) in [5.74, 6) is -0.838. The van der Waals surface area contributed by atoms with Crippen LogP contribution >= 0.6 is 0 Å². The van der Waals surface area contributed by atoms with Crippen molar-refractivity contribution in [1.82, 2.24) is 0 Å². The lowest BCUT2D eigenvalue weighted by atomic mass is 9.53. The molecule has 0 saturated heterocycles. The largest absolute Gasteiger partial charge is 0.480 e. The van der Waals surface area contributed by atoms with E-state index in [2.05, 4.69) is 0 Å². The summed E-state index contributed by atoms with van der Waals surface area (Å²) in [6.07, 6.45) is 2.98. The fraction of sp³-hybridized carbons (Fsp3) is 0.750. The van der Waals surface area contributed by atoms with Crippen LogP contribution in [0.2, 0.25) is 0 Å². The highest BCUT2D eigenvalue weighted by Gasteiger charge is 2.60. The second kappa shape index (κ2) is 1.84. The molecule has 0 spiro atoms. The van der Waals surface area contributed by atoms with Crippen molar-refractivity contribution in [3.63, 3.8) is 0 Å². The molecule has 60 valence electrons. The van der Waals surface area contributed by atoms with Crippen LogP contribution in [0.5, 0.6) is 0 Å². The fourth-order valence-electron chi connectivity index (χ4n) is 2.28. The molecule has 2 atom stereocenters. The monoisotopic (exact) mass is 154 g/mol. The van der Waals surface area contributed by atoms with Gasteiger partial charge in [-0.05, 0) is 19.3 Å². The number of hydrogen-bond donors (Lipinski definition) is 1. The molecule has 3 rings (SSSR count). The quantitative estimate of drug-likeness (QED) is 0.569. The van der Waals surface area contributed by atoms with Gasteiger partial charge >= 0.3 is 5.97 Å². The summed E-state index contributed by atoms with van der Waals surface area (Å²) in [4.78, 5) is 21.9. The Balaban J connectivity index is 2.27. The minimum absolute atomic E-state index is 0.0174. The highest BCUT2D eigenvalue weighted by molar-refractivity contribution is 6.09. The average Bonchev–Trinajstić information content (AvgIpc) is 2.04. The maximum Gasteiger partial charge on any atom is 0.317 e. The van der Waals surface area contributed by atoms with Crippen LogP contribution in [0, 0.1) is 11.3 Å². The second-order valence-corrected chi connectivity index (χ2v) is 3.54. The van der Waals surface area contributed by atoms with Crippen LogP contribution in [0.25, 0.3) is 0 Å². The maximum absolute atomic E-state index is 11.2. The number of fused-ring (bicyclic) bond motifs is 2. The first-order chi connectivity index (χ1) is 5.17.